The Morgan fingerprint density at radius 3 is 2.71 bits per heavy atom. The van der Waals surface area contributed by atoms with Crippen molar-refractivity contribution in [3.8, 4) is 0 Å². The molecule has 1 rings (SSSR count). The molecule has 0 heterocycles. The summed E-state index contributed by atoms with van der Waals surface area (Å²) < 4.78 is 0. The average molecular weight is 193 g/mol. The standard InChI is InChI=1S/C10H15N3O/c11-6-3-7-13-9-5-2-1-4-8(9)10(12)14/h1-2,4-5,13H,3,6-7,11H2,(H2,12,14). The van der Waals surface area contributed by atoms with Crippen molar-refractivity contribution < 1.29 is 4.79 Å². The third kappa shape index (κ3) is 2.74. The largest absolute Gasteiger partial charge is 0.384 e. The highest BCUT2D eigenvalue weighted by Crippen LogP contribution is 2.13. The van der Waals surface area contributed by atoms with E-state index >= 15 is 0 Å². The molecule has 0 aromatic heterocycles. The van der Waals surface area contributed by atoms with E-state index in [0.29, 0.717) is 12.1 Å². The maximum absolute atomic E-state index is 11.0. The molecular weight excluding hydrogens is 178 g/mol. The minimum atomic E-state index is -0.416. The van der Waals surface area contributed by atoms with Gasteiger partial charge in [0.1, 0.15) is 0 Å². The van der Waals surface area contributed by atoms with E-state index in [0.717, 1.165) is 18.7 Å². The van der Waals surface area contributed by atoms with Gasteiger partial charge in [-0.3, -0.25) is 4.79 Å². The van der Waals surface area contributed by atoms with E-state index in [2.05, 4.69) is 5.32 Å². The summed E-state index contributed by atoms with van der Waals surface area (Å²) in [5, 5.41) is 3.11. The van der Waals surface area contributed by atoms with E-state index in [1.165, 1.54) is 0 Å². The monoisotopic (exact) mass is 193 g/mol. The molecule has 0 aliphatic rings. The highest BCUT2D eigenvalue weighted by Gasteiger charge is 2.05. The molecule has 1 aromatic carbocycles. The van der Waals surface area contributed by atoms with Crippen molar-refractivity contribution in [1.82, 2.24) is 0 Å². The number of benzene rings is 1. The van der Waals surface area contributed by atoms with Crippen molar-refractivity contribution in [2.75, 3.05) is 18.4 Å². The molecular formula is C10H15N3O. The number of carbonyl (C=O) groups excluding carboxylic acids is 1. The number of nitrogens with two attached hydrogens (primary N) is 2. The van der Waals surface area contributed by atoms with Crippen LogP contribution in [-0.2, 0) is 0 Å². The molecule has 4 nitrogen and oxygen atoms in total. The SMILES string of the molecule is NCCCNc1ccccc1C(N)=O. The van der Waals surface area contributed by atoms with Gasteiger partial charge in [0, 0.05) is 12.2 Å². The molecule has 0 atom stereocenters. The molecule has 1 amide bonds. The Morgan fingerprint density at radius 1 is 1.36 bits per heavy atom. The molecule has 0 unspecified atom stereocenters. The van der Waals surface area contributed by atoms with Gasteiger partial charge >= 0.3 is 0 Å². The maximum atomic E-state index is 11.0. The molecule has 76 valence electrons. The highest BCUT2D eigenvalue weighted by molar-refractivity contribution is 5.98. The van der Waals surface area contributed by atoms with Crippen molar-refractivity contribution in [3.05, 3.63) is 29.8 Å². The highest BCUT2D eigenvalue weighted by atomic mass is 16.1. The number of hydrogen-bond acceptors (Lipinski definition) is 3. The summed E-state index contributed by atoms with van der Waals surface area (Å²) in [4.78, 5) is 11.0. The zero-order valence-electron chi connectivity index (χ0n) is 7.99. The number of anilines is 1. The van der Waals surface area contributed by atoms with Gasteiger partial charge in [-0.15, -0.1) is 0 Å². The van der Waals surface area contributed by atoms with E-state index in [4.69, 9.17) is 11.5 Å². The van der Waals surface area contributed by atoms with Gasteiger partial charge in [-0.05, 0) is 25.1 Å². The Hall–Kier alpha value is -1.55. The van der Waals surface area contributed by atoms with Crippen LogP contribution < -0.4 is 16.8 Å². The fraction of sp³-hybridized carbons (Fsp3) is 0.300. The number of carbonyl (C=O) groups is 1. The van der Waals surface area contributed by atoms with E-state index in [9.17, 15) is 4.79 Å². The predicted molar refractivity (Wildman–Crippen MR) is 57.1 cm³/mol. The lowest BCUT2D eigenvalue weighted by Gasteiger charge is -2.08. The quantitative estimate of drug-likeness (QED) is 0.597. The number of rotatable bonds is 5. The molecule has 0 bridgehead atoms. The lowest BCUT2D eigenvalue weighted by molar-refractivity contribution is 0.100. The van der Waals surface area contributed by atoms with E-state index in [-0.39, 0.29) is 0 Å². The second-order valence-corrected chi connectivity index (χ2v) is 2.98. The summed E-state index contributed by atoms with van der Waals surface area (Å²) in [5.74, 6) is -0.416. The first kappa shape index (κ1) is 10.5. The Kier molecular flexibility index (Phi) is 3.94. The third-order valence-electron chi connectivity index (χ3n) is 1.89. The molecule has 0 aliphatic carbocycles. The van der Waals surface area contributed by atoms with E-state index < -0.39 is 5.91 Å². The first-order chi connectivity index (χ1) is 6.75. The van der Waals surface area contributed by atoms with Crippen LogP contribution in [0.15, 0.2) is 24.3 Å². The smallest absolute Gasteiger partial charge is 0.250 e. The van der Waals surface area contributed by atoms with Crippen molar-refractivity contribution in [2.45, 2.75) is 6.42 Å². The molecule has 0 saturated carbocycles. The summed E-state index contributed by atoms with van der Waals surface area (Å²) in [6, 6.07) is 7.18. The third-order valence-corrected chi connectivity index (χ3v) is 1.89. The summed E-state index contributed by atoms with van der Waals surface area (Å²) in [5.41, 5.74) is 11.9. The molecule has 5 N–H and O–H groups in total. The summed E-state index contributed by atoms with van der Waals surface area (Å²) in [7, 11) is 0. The summed E-state index contributed by atoms with van der Waals surface area (Å²) in [6.07, 6.45) is 0.868. The van der Waals surface area contributed by atoms with Crippen molar-refractivity contribution in [2.24, 2.45) is 11.5 Å². The van der Waals surface area contributed by atoms with Crippen molar-refractivity contribution in [1.29, 1.82) is 0 Å². The number of para-hydroxylation sites is 1. The van der Waals surface area contributed by atoms with Crippen LogP contribution in [0.5, 0.6) is 0 Å². The summed E-state index contributed by atoms with van der Waals surface area (Å²) in [6.45, 7) is 1.38. The van der Waals surface area contributed by atoms with E-state index in [1.807, 2.05) is 12.1 Å². The molecule has 0 fully saturated rings. The van der Waals surface area contributed by atoms with Gasteiger partial charge in [-0.2, -0.15) is 0 Å². The van der Waals surface area contributed by atoms with Crippen LogP contribution in [0.4, 0.5) is 5.69 Å². The Labute approximate surface area is 83.3 Å². The van der Waals surface area contributed by atoms with Crippen LogP contribution in [0.1, 0.15) is 16.8 Å². The molecule has 4 heteroatoms. The lowest BCUT2D eigenvalue weighted by atomic mass is 10.1. The van der Waals surface area contributed by atoms with Gasteiger partial charge in [-0.25, -0.2) is 0 Å². The van der Waals surface area contributed by atoms with Crippen LogP contribution in [0, 0.1) is 0 Å². The van der Waals surface area contributed by atoms with Crippen LogP contribution in [0.2, 0.25) is 0 Å². The topological polar surface area (TPSA) is 81.1 Å². The number of hydrogen-bond donors (Lipinski definition) is 3. The Bertz CT molecular complexity index is 312. The minimum absolute atomic E-state index is 0.416. The fourth-order valence-corrected chi connectivity index (χ4v) is 1.18. The van der Waals surface area contributed by atoms with Gasteiger partial charge in [0.2, 0.25) is 0 Å². The lowest BCUT2D eigenvalue weighted by Crippen LogP contribution is -2.15. The second-order valence-electron chi connectivity index (χ2n) is 2.98. The van der Waals surface area contributed by atoms with Gasteiger partial charge in [0.05, 0.1) is 5.56 Å². The van der Waals surface area contributed by atoms with Gasteiger partial charge < -0.3 is 16.8 Å². The van der Waals surface area contributed by atoms with Crippen molar-refractivity contribution in [3.63, 3.8) is 0 Å². The van der Waals surface area contributed by atoms with Crippen molar-refractivity contribution >= 4 is 11.6 Å². The first-order valence-corrected chi connectivity index (χ1v) is 4.58. The number of primary amides is 1. The second kappa shape index (κ2) is 5.24. The van der Waals surface area contributed by atoms with Crippen LogP contribution >= 0.6 is 0 Å². The number of nitrogens with one attached hydrogen (secondary N) is 1. The van der Waals surface area contributed by atoms with Gasteiger partial charge in [-0.1, -0.05) is 12.1 Å². The zero-order valence-corrected chi connectivity index (χ0v) is 7.99. The average Bonchev–Trinajstić information content (AvgIpc) is 2.19. The van der Waals surface area contributed by atoms with Crippen LogP contribution in [0.3, 0.4) is 0 Å². The number of amides is 1. The Balaban J connectivity index is 2.69. The predicted octanol–water partition coefficient (Wildman–Crippen LogP) is 0.546. The Morgan fingerprint density at radius 2 is 2.07 bits per heavy atom. The zero-order chi connectivity index (χ0) is 10.4. The molecule has 0 saturated heterocycles. The van der Waals surface area contributed by atoms with E-state index in [1.54, 1.807) is 12.1 Å². The first-order valence-electron chi connectivity index (χ1n) is 4.58. The molecule has 0 spiro atoms. The van der Waals surface area contributed by atoms with Gasteiger partial charge in [0.25, 0.3) is 5.91 Å². The molecule has 1 aromatic rings. The normalized spacial score (nSPS) is 9.79. The maximum Gasteiger partial charge on any atom is 0.250 e. The summed E-state index contributed by atoms with van der Waals surface area (Å²) >= 11 is 0. The van der Waals surface area contributed by atoms with Gasteiger partial charge in [0.15, 0.2) is 0 Å². The molecule has 14 heavy (non-hydrogen) atoms. The van der Waals surface area contributed by atoms with Crippen LogP contribution in [0.25, 0.3) is 0 Å². The fourth-order valence-electron chi connectivity index (χ4n) is 1.18. The van der Waals surface area contributed by atoms with Crippen LogP contribution in [-0.4, -0.2) is 19.0 Å². The minimum Gasteiger partial charge on any atom is -0.384 e. The molecule has 0 radical (unpaired) electrons. The molecule has 0 aliphatic heterocycles.